The molecule has 2 rings (SSSR count). The number of carbonyl (C=O) groups excluding carboxylic acids is 7. The predicted molar refractivity (Wildman–Crippen MR) is 203 cm³/mol. The lowest BCUT2D eigenvalue weighted by Crippen LogP contribution is -2.57. The number of hydrogen-bond acceptors (Lipinski definition) is 9. The first-order valence-electron chi connectivity index (χ1n) is 19.0. The van der Waals surface area contributed by atoms with Gasteiger partial charge >= 0.3 is 11.9 Å². The van der Waals surface area contributed by atoms with E-state index in [4.69, 9.17) is 9.47 Å². The maximum absolute atomic E-state index is 14.0. The van der Waals surface area contributed by atoms with Crippen LogP contribution in [0.25, 0.3) is 0 Å². The van der Waals surface area contributed by atoms with Gasteiger partial charge in [-0.25, -0.2) is 9.59 Å². The van der Waals surface area contributed by atoms with Crippen LogP contribution in [0.2, 0.25) is 0 Å². The molecular formula is C40H61N5O9. The normalized spacial score (nSPS) is 25.9. The first kappa shape index (κ1) is 45.4. The molecule has 0 fully saturated rings. The second-order valence-electron chi connectivity index (χ2n) is 14.6. The summed E-state index contributed by atoms with van der Waals surface area (Å²) < 4.78 is 11.1. The number of cyclic esters (lactones) is 2. The lowest BCUT2D eigenvalue weighted by atomic mass is 9.97. The van der Waals surface area contributed by atoms with E-state index in [0.717, 1.165) is 5.56 Å². The molecule has 0 radical (unpaired) electrons. The van der Waals surface area contributed by atoms with Crippen molar-refractivity contribution in [2.24, 2.45) is 11.8 Å². The lowest BCUT2D eigenvalue weighted by molar-refractivity contribution is -0.154. The summed E-state index contributed by atoms with van der Waals surface area (Å²) in [5.74, 6) is -4.52. The number of rotatable bonds is 7. The molecule has 0 saturated carbocycles. The van der Waals surface area contributed by atoms with Gasteiger partial charge in [-0.3, -0.25) is 24.0 Å². The summed E-state index contributed by atoms with van der Waals surface area (Å²) in [6, 6.07) is 4.96. The van der Waals surface area contributed by atoms with Crippen LogP contribution in [0.15, 0.2) is 42.0 Å². The van der Waals surface area contributed by atoms with E-state index >= 15 is 0 Å². The van der Waals surface area contributed by atoms with E-state index in [1.54, 1.807) is 39.0 Å². The van der Waals surface area contributed by atoms with Crippen LogP contribution in [0.5, 0.6) is 0 Å². The zero-order valence-electron chi connectivity index (χ0n) is 33.4. The zero-order chi connectivity index (χ0) is 40.5. The monoisotopic (exact) mass is 755 g/mol. The summed E-state index contributed by atoms with van der Waals surface area (Å²) in [4.78, 5) is 96.6. The molecule has 6 atom stereocenters. The number of allylic oxidation sites excluding steroid dienone is 1. The van der Waals surface area contributed by atoms with Crippen molar-refractivity contribution in [3.63, 3.8) is 0 Å². The highest BCUT2D eigenvalue weighted by atomic mass is 16.5. The van der Waals surface area contributed by atoms with Crippen molar-refractivity contribution in [1.82, 2.24) is 25.8 Å². The van der Waals surface area contributed by atoms with Crippen LogP contribution in [-0.4, -0.2) is 109 Å². The Bertz CT molecular complexity index is 1480. The molecule has 3 N–H and O–H groups in total. The van der Waals surface area contributed by atoms with Gasteiger partial charge in [0.1, 0.15) is 24.2 Å². The third-order valence-corrected chi connectivity index (χ3v) is 9.52. The molecule has 5 amide bonds. The van der Waals surface area contributed by atoms with Gasteiger partial charge in [0.2, 0.25) is 23.6 Å². The van der Waals surface area contributed by atoms with Crippen LogP contribution in [0.3, 0.4) is 0 Å². The summed E-state index contributed by atoms with van der Waals surface area (Å²) in [6.07, 6.45) is 3.23. The van der Waals surface area contributed by atoms with Crippen molar-refractivity contribution in [1.29, 1.82) is 0 Å². The topological polar surface area (TPSA) is 181 Å². The van der Waals surface area contributed by atoms with E-state index in [1.165, 1.54) is 30.8 Å². The molecule has 0 spiro atoms. The van der Waals surface area contributed by atoms with E-state index in [9.17, 15) is 33.6 Å². The number of likely N-dealkylation sites (N-methyl/N-ethyl adjacent to an activating group) is 2. The quantitative estimate of drug-likeness (QED) is 0.353. The summed E-state index contributed by atoms with van der Waals surface area (Å²) in [6.45, 7) is 11.9. The molecule has 0 bridgehead atoms. The van der Waals surface area contributed by atoms with Crippen molar-refractivity contribution in [2.75, 3.05) is 27.2 Å². The van der Waals surface area contributed by atoms with E-state index in [0.29, 0.717) is 31.3 Å². The standard InChI is InChI=1S/C40H61N5O9/c1-10-26(5)34-36(48)42-30(11-2)40(52)53-21-17-13-14-18-27(6)39(51)54-32(22-25(3)4)35(47)41-28(7)37(49)45(9)31(23-29-19-15-12-16-20-29)38(50)44(8)24-33(46)43-34/h12,15-16,18-20,25-26,28,30-32,34H,10-11,13-14,17,21-24H2,1-9H3,(H,41,47)(H,42,48)(H,43,46)/b27-18+/t26?,28-,30-,31+,32+,34-/m0/s1. The first-order chi connectivity index (χ1) is 25.5. The average Bonchev–Trinajstić information content (AvgIpc) is 3.14. The largest absolute Gasteiger partial charge is 0.464 e. The van der Waals surface area contributed by atoms with Gasteiger partial charge in [0.15, 0.2) is 6.10 Å². The Hall–Kier alpha value is -4.75. The second kappa shape index (κ2) is 22.5. The molecule has 14 heteroatoms. The van der Waals surface area contributed by atoms with Gasteiger partial charge in [0.25, 0.3) is 5.91 Å². The van der Waals surface area contributed by atoms with Crippen LogP contribution in [0, 0.1) is 11.8 Å². The van der Waals surface area contributed by atoms with E-state index in [-0.39, 0.29) is 37.7 Å². The fraction of sp³-hybridized carbons (Fsp3) is 0.625. The molecule has 1 aromatic rings. The molecule has 1 heterocycles. The van der Waals surface area contributed by atoms with Crippen LogP contribution in [-0.2, 0) is 49.5 Å². The third kappa shape index (κ3) is 14.2. The van der Waals surface area contributed by atoms with Gasteiger partial charge in [-0.1, -0.05) is 77.4 Å². The Balaban J connectivity index is 2.48. The molecule has 0 aromatic heterocycles. The predicted octanol–water partition coefficient (Wildman–Crippen LogP) is 3.08. The second-order valence-corrected chi connectivity index (χ2v) is 14.6. The summed E-state index contributed by atoms with van der Waals surface area (Å²) in [7, 11) is 2.89. The molecule has 54 heavy (non-hydrogen) atoms. The van der Waals surface area contributed by atoms with Gasteiger partial charge < -0.3 is 35.2 Å². The van der Waals surface area contributed by atoms with Crippen molar-refractivity contribution in [2.45, 2.75) is 124 Å². The molecular weight excluding hydrogens is 694 g/mol. The summed E-state index contributed by atoms with van der Waals surface area (Å²) >= 11 is 0. The highest BCUT2D eigenvalue weighted by molar-refractivity contribution is 5.96. The van der Waals surface area contributed by atoms with E-state index < -0.39 is 78.3 Å². The number of ether oxygens (including phenoxy) is 2. The smallest absolute Gasteiger partial charge is 0.334 e. The number of nitrogens with zero attached hydrogens (tertiary/aromatic N) is 2. The van der Waals surface area contributed by atoms with Crippen LogP contribution < -0.4 is 16.0 Å². The first-order valence-corrected chi connectivity index (χ1v) is 19.0. The zero-order valence-corrected chi connectivity index (χ0v) is 33.4. The Morgan fingerprint density at radius 1 is 0.870 bits per heavy atom. The van der Waals surface area contributed by atoms with Gasteiger partial charge in [0, 0.05) is 26.1 Å². The maximum atomic E-state index is 14.0. The number of carbonyl (C=O) groups is 7. The van der Waals surface area contributed by atoms with Crippen LogP contribution in [0.4, 0.5) is 0 Å². The Labute approximate surface area is 320 Å². The minimum atomic E-state index is -1.17. The fourth-order valence-corrected chi connectivity index (χ4v) is 5.89. The number of hydrogen-bond donors (Lipinski definition) is 3. The number of esters is 2. The SMILES string of the molecule is CCC(C)[C@@H]1NC(=O)CN(C)C(=O)[C@@H](Cc2ccccc2)N(C)C(=O)[C@H](C)NC(=O)[C@@H](CC(C)C)OC(=O)/C(C)=C/CCCCOC(=O)[C@H](CC)NC1=O. The highest BCUT2D eigenvalue weighted by Crippen LogP contribution is 2.16. The number of nitrogens with one attached hydrogen (secondary N) is 3. The maximum Gasteiger partial charge on any atom is 0.334 e. The number of amides is 5. The van der Waals surface area contributed by atoms with E-state index in [1.807, 2.05) is 39.0 Å². The molecule has 1 aliphatic rings. The molecule has 0 saturated heterocycles. The Kier molecular flexibility index (Phi) is 18.9. The molecule has 1 unspecified atom stereocenters. The van der Waals surface area contributed by atoms with Crippen LogP contribution >= 0.6 is 0 Å². The minimum absolute atomic E-state index is 0.0173. The minimum Gasteiger partial charge on any atom is -0.464 e. The van der Waals surface area contributed by atoms with Gasteiger partial charge in [0.05, 0.1) is 13.2 Å². The lowest BCUT2D eigenvalue weighted by Gasteiger charge is -2.33. The average molecular weight is 756 g/mol. The molecule has 0 aliphatic carbocycles. The summed E-state index contributed by atoms with van der Waals surface area (Å²) in [5.41, 5.74) is 1.07. The molecule has 300 valence electrons. The molecule has 1 aromatic carbocycles. The highest BCUT2D eigenvalue weighted by Gasteiger charge is 2.35. The third-order valence-electron chi connectivity index (χ3n) is 9.52. The van der Waals surface area contributed by atoms with E-state index in [2.05, 4.69) is 16.0 Å². The molecule has 1 aliphatic heterocycles. The Morgan fingerprint density at radius 2 is 1.54 bits per heavy atom. The van der Waals surface area contributed by atoms with Crippen molar-refractivity contribution in [3.8, 4) is 0 Å². The van der Waals surface area contributed by atoms with Gasteiger partial charge in [-0.05, 0) is 63.4 Å². The van der Waals surface area contributed by atoms with Gasteiger partial charge in [-0.15, -0.1) is 0 Å². The Morgan fingerprint density at radius 3 is 2.15 bits per heavy atom. The molecule has 14 nitrogen and oxygen atoms in total. The number of benzene rings is 1. The van der Waals surface area contributed by atoms with Crippen molar-refractivity contribution < 1.29 is 43.0 Å². The van der Waals surface area contributed by atoms with Gasteiger partial charge in [-0.2, -0.15) is 0 Å². The van der Waals surface area contributed by atoms with Crippen molar-refractivity contribution >= 4 is 41.5 Å². The van der Waals surface area contributed by atoms with Crippen LogP contribution in [0.1, 0.15) is 92.6 Å². The fourth-order valence-electron chi connectivity index (χ4n) is 5.89. The van der Waals surface area contributed by atoms with Crippen molar-refractivity contribution in [3.05, 3.63) is 47.5 Å². The summed E-state index contributed by atoms with van der Waals surface area (Å²) in [5, 5.41) is 8.13.